The van der Waals surface area contributed by atoms with E-state index in [4.69, 9.17) is 9.15 Å². The minimum atomic E-state index is -3.52. The normalized spacial score (nSPS) is 15.4. The number of aryl methyl sites for hydroxylation is 1. The summed E-state index contributed by atoms with van der Waals surface area (Å²) in [6.45, 7) is 4.21. The Kier molecular flexibility index (Phi) is 7.01. The number of nitrogens with one attached hydrogen (secondary N) is 1. The molecule has 10 heteroatoms. The molecule has 180 valence electrons. The van der Waals surface area contributed by atoms with E-state index in [1.54, 1.807) is 42.5 Å². The second-order valence-electron chi connectivity index (χ2n) is 8.32. The van der Waals surface area contributed by atoms with Gasteiger partial charge in [0.15, 0.2) is 6.61 Å². The average Bonchev–Trinajstić information content (AvgIpc) is 2.81. The molecule has 1 N–H and O–H groups in total. The van der Waals surface area contributed by atoms with Gasteiger partial charge in [-0.05, 0) is 49.4 Å². The molecule has 0 bridgehead atoms. The first-order valence-corrected chi connectivity index (χ1v) is 12.4. The first-order valence-electron chi connectivity index (χ1n) is 10.9. The van der Waals surface area contributed by atoms with Crippen molar-refractivity contribution in [2.45, 2.75) is 18.4 Å². The number of piperazine rings is 1. The molecular formula is C24H27N3O6S. The van der Waals surface area contributed by atoms with Gasteiger partial charge in [0.2, 0.25) is 10.0 Å². The van der Waals surface area contributed by atoms with Crippen molar-refractivity contribution in [1.82, 2.24) is 14.5 Å². The van der Waals surface area contributed by atoms with Crippen molar-refractivity contribution in [1.29, 1.82) is 0 Å². The first kappa shape index (κ1) is 23.9. The number of benzene rings is 2. The number of sulfonamides is 1. The van der Waals surface area contributed by atoms with E-state index in [0.717, 1.165) is 16.5 Å². The molecule has 0 atom stereocenters. The molecule has 0 saturated carbocycles. The van der Waals surface area contributed by atoms with Crippen LogP contribution in [0, 0.1) is 6.92 Å². The summed E-state index contributed by atoms with van der Waals surface area (Å²) in [5.41, 5.74) is 1.53. The van der Waals surface area contributed by atoms with Crippen molar-refractivity contribution in [3.05, 3.63) is 70.1 Å². The number of ether oxygens (including phenoxy) is 1. The number of rotatable bonds is 7. The maximum Gasteiger partial charge on any atom is 0.336 e. The Morgan fingerprint density at radius 3 is 2.47 bits per heavy atom. The van der Waals surface area contributed by atoms with E-state index in [2.05, 4.69) is 10.2 Å². The van der Waals surface area contributed by atoms with Crippen LogP contribution in [0.4, 0.5) is 0 Å². The number of carbonyl (C=O) groups excluding carboxylic acids is 1. The topological polar surface area (TPSA) is 109 Å². The molecule has 1 aromatic heterocycles. The van der Waals surface area contributed by atoms with Crippen LogP contribution in [-0.2, 0) is 21.4 Å². The second kappa shape index (κ2) is 9.96. The van der Waals surface area contributed by atoms with Gasteiger partial charge in [0, 0.05) is 50.2 Å². The lowest BCUT2D eigenvalue weighted by Crippen LogP contribution is -2.47. The fourth-order valence-electron chi connectivity index (χ4n) is 3.75. The summed E-state index contributed by atoms with van der Waals surface area (Å²) in [6, 6.07) is 13.0. The molecule has 1 saturated heterocycles. The fourth-order valence-corrected chi connectivity index (χ4v) is 5.17. The molecule has 1 aliphatic rings. The SMILES string of the molecule is Cc1cc(=O)oc2cc(OCC(=O)NCc3ccc(S(=O)(=O)N4CCN(C)CC4)cc3)ccc12. The van der Waals surface area contributed by atoms with Gasteiger partial charge in [0.1, 0.15) is 11.3 Å². The Hall–Kier alpha value is -3.21. The van der Waals surface area contributed by atoms with Crippen LogP contribution in [0.25, 0.3) is 11.0 Å². The van der Waals surface area contributed by atoms with E-state index < -0.39 is 15.6 Å². The Morgan fingerprint density at radius 1 is 1.06 bits per heavy atom. The van der Waals surface area contributed by atoms with Crippen molar-refractivity contribution in [2.75, 3.05) is 39.8 Å². The van der Waals surface area contributed by atoms with Crippen molar-refractivity contribution < 1.29 is 22.4 Å². The number of nitrogens with zero attached hydrogens (tertiary/aromatic N) is 2. The molecule has 0 unspecified atom stereocenters. The maximum atomic E-state index is 12.8. The first-order chi connectivity index (χ1) is 16.2. The third-order valence-corrected chi connectivity index (χ3v) is 7.72. The Morgan fingerprint density at radius 2 is 1.76 bits per heavy atom. The number of fused-ring (bicyclic) bond motifs is 1. The zero-order chi connectivity index (χ0) is 24.3. The lowest BCUT2D eigenvalue weighted by Gasteiger charge is -2.31. The summed E-state index contributed by atoms with van der Waals surface area (Å²) in [5.74, 6) is 0.0785. The van der Waals surface area contributed by atoms with Gasteiger partial charge in [-0.1, -0.05) is 12.1 Å². The van der Waals surface area contributed by atoms with Crippen LogP contribution in [-0.4, -0.2) is 63.4 Å². The smallest absolute Gasteiger partial charge is 0.336 e. The maximum absolute atomic E-state index is 12.8. The minimum absolute atomic E-state index is 0.211. The number of carbonyl (C=O) groups is 1. The largest absolute Gasteiger partial charge is 0.484 e. The Balaban J connectivity index is 1.30. The molecule has 1 amide bonds. The molecule has 2 heterocycles. The highest BCUT2D eigenvalue weighted by molar-refractivity contribution is 7.89. The Labute approximate surface area is 198 Å². The van der Waals surface area contributed by atoms with Crippen LogP contribution in [0.5, 0.6) is 5.75 Å². The molecule has 1 fully saturated rings. The van der Waals surface area contributed by atoms with Crippen molar-refractivity contribution in [3.8, 4) is 5.75 Å². The van der Waals surface area contributed by atoms with Gasteiger partial charge in [-0.3, -0.25) is 4.79 Å². The monoisotopic (exact) mass is 485 g/mol. The standard InChI is InChI=1S/C24H27N3O6S/c1-17-13-24(29)33-22-14-19(5-8-21(17)22)32-16-23(28)25-15-18-3-6-20(7-4-18)34(30,31)27-11-9-26(2)10-12-27/h3-8,13-14H,9-12,15-16H2,1-2H3,(H,25,28). The number of likely N-dealkylation sites (N-methyl/N-ethyl adjacent to an activating group) is 1. The van der Waals surface area contributed by atoms with Gasteiger partial charge in [-0.25, -0.2) is 13.2 Å². The molecule has 0 radical (unpaired) electrons. The van der Waals surface area contributed by atoms with Crippen LogP contribution < -0.4 is 15.7 Å². The molecule has 9 nitrogen and oxygen atoms in total. The molecule has 2 aromatic carbocycles. The Bertz CT molecular complexity index is 1340. The van der Waals surface area contributed by atoms with Gasteiger partial charge < -0.3 is 19.4 Å². The third kappa shape index (κ3) is 5.46. The van der Waals surface area contributed by atoms with Crippen LogP contribution in [0.15, 0.2) is 62.6 Å². The van der Waals surface area contributed by atoms with Crippen molar-refractivity contribution >= 4 is 26.9 Å². The lowest BCUT2D eigenvalue weighted by molar-refractivity contribution is -0.123. The molecule has 4 rings (SSSR count). The predicted molar refractivity (Wildman–Crippen MR) is 127 cm³/mol. The number of hydrogen-bond acceptors (Lipinski definition) is 7. The molecule has 34 heavy (non-hydrogen) atoms. The fraction of sp³-hybridized carbons (Fsp3) is 0.333. The third-order valence-electron chi connectivity index (χ3n) is 5.81. The van der Waals surface area contributed by atoms with E-state index in [-0.39, 0.29) is 24.0 Å². The van der Waals surface area contributed by atoms with E-state index in [9.17, 15) is 18.0 Å². The van der Waals surface area contributed by atoms with Gasteiger partial charge in [0.25, 0.3) is 5.91 Å². The van der Waals surface area contributed by atoms with Crippen molar-refractivity contribution in [3.63, 3.8) is 0 Å². The minimum Gasteiger partial charge on any atom is -0.484 e. The summed E-state index contributed by atoms with van der Waals surface area (Å²) in [4.78, 5) is 26.1. The molecule has 0 aliphatic carbocycles. The van der Waals surface area contributed by atoms with Gasteiger partial charge in [-0.2, -0.15) is 4.31 Å². The number of hydrogen-bond donors (Lipinski definition) is 1. The highest BCUT2D eigenvalue weighted by atomic mass is 32.2. The summed E-state index contributed by atoms with van der Waals surface area (Å²) in [5, 5.41) is 3.55. The van der Waals surface area contributed by atoms with Crippen LogP contribution >= 0.6 is 0 Å². The zero-order valence-electron chi connectivity index (χ0n) is 19.1. The highest BCUT2D eigenvalue weighted by Crippen LogP contribution is 2.22. The summed E-state index contributed by atoms with van der Waals surface area (Å²) >= 11 is 0. The summed E-state index contributed by atoms with van der Waals surface area (Å²) in [7, 11) is -1.55. The van der Waals surface area contributed by atoms with E-state index in [1.165, 1.54) is 10.4 Å². The van der Waals surface area contributed by atoms with Crippen LogP contribution in [0.2, 0.25) is 0 Å². The molecular weight excluding hydrogens is 458 g/mol. The summed E-state index contributed by atoms with van der Waals surface area (Å²) in [6.07, 6.45) is 0. The van der Waals surface area contributed by atoms with E-state index in [0.29, 0.717) is 37.5 Å². The predicted octanol–water partition coefficient (Wildman–Crippen LogP) is 1.73. The molecule has 0 spiro atoms. The summed E-state index contributed by atoms with van der Waals surface area (Å²) < 4.78 is 37.8. The quantitative estimate of drug-likeness (QED) is 0.508. The highest BCUT2D eigenvalue weighted by Gasteiger charge is 2.27. The van der Waals surface area contributed by atoms with Crippen LogP contribution in [0.1, 0.15) is 11.1 Å². The van der Waals surface area contributed by atoms with Crippen LogP contribution in [0.3, 0.4) is 0 Å². The van der Waals surface area contributed by atoms with Crippen molar-refractivity contribution in [2.24, 2.45) is 0 Å². The second-order valence-corrected chi connectivity index (χ2v) is 10.3. The van der Waals surface area contributed by atoms with Gasteiger partial charge in [-0.15, -0.1) is 0 Å². The zero-order valence-corrected chi connectivity index (χ0v) is 19.9. The van der Waals surface area contributed by atoms with E-state index >= 15 is 0 Å². The average molecular weight is 486 g/mol. The molecule has 3 aromatic rings. The van der Waals surface area contributed by atoms with Gasteiger partial charge in [0.05, 0.1) is 4.90 Å². The molecule has 1 aliphatic heterocycles. The van der Waals surface area contributed by atoms with Gasteiger partial charge >= 0.3 is 5.63 Å². The van der Waals surface area contributed by atoms with E-state index in [1.807, 2.05) is 14.0 Å². The lowest BCUT2D eigenvalue weighted by atomic mass is 10.1. The number of amides is 1.